The minimum Gasteiger partial charge on any atom is -0.352 e. The van der Waals surface area contributed by atoms with Crippen molar-refractivity contribution in [3.05, 3.63) is 35.4 Å². The molecule has 3 heteroatoms. The number of hydrogen-bond acceptors (Lipinski definition) is 2. The minimum absolute atomic E-state index is 0.124. The van der Waals surface area contributed by atoms with Gasteiger partial charge in [0.15, 0.2) is 0 Å². The van der Waals surface area contributed by atoms with Crippen LogP contribution in [0.2, 0.25) is 0 Å². The molecule has 16 heavy (non-hydrogen) atoms. The Morgan fingerprint density at radius 1 is 1.56 bits per heavy atom. The van der Waals surface area contributed by atoms with E-state index in [1.54, 1.807) is 0 Å². The van der Waals surface area contributed by atoms with Gasteiger partial charge in [0.1, 0.15) is 0 Å². The van der Waals surface area contributed by atoms with Crippen LogP contribution < -0.4 is 10.6 Å². The van der Waals surface area contributed by atoms with Gasteiger partial charge in [0.05, 0.1) is 6.42 Å². The van der Waals surface area contributed by atoms with Crippen LogP contribution in [0.15, 0.2) is 24.3 Å². The molecule has 1 amide bonds. The van der Waals surface area contributed by atoms with E-state index in [0.29, 0.717) is 12.5 Å². The normalized spacial score (nSPS) is 19.7. The van der Waals surface area contributed by atoms with Gasteiger partial charge in [-0.05, 0) is 25.5 Å². The molecule has 0 aliphatic carbocycles. The molecule has 1 aromatic rings. The first-order valence-corrected chi connectivity index (χ1v) is 5.79. The number of benzene rings is 1. The maximum absolute atomic E-state index is 11.7. The fourth-order valence-electron chi connectivity index (χ4n) is 2.06. The first-order valence-electron chi connectivity index (χ1n) is 5.79. The number of nitrogens with one attached hydrogen (secondary N) is 2. The Labute approximate surface area is 96.2 Å². The van der Waals surface area contributed by atoms with Gasteiger partial charge >= 0.3 is 0 Å². The Morgan fingerprint density at radius 2 is 2.44 bits per heavy atom. The molecule has 1 aliphatic rings. The molecule has 0 bridgehead atoms. The van der Waals surface area contributed by atoms with Crippen LogP contribution in [0, 0.1) is 6.92 Å². The lowest BCUT2D eigenvalue weighted by molar-refractivity contribution is -0.121. The maximum Gasteiger partial charge on any atom is 0.224 e. The fourth-order valence-corrected chi connectivity index (χ4v) is 2.06. The standard InChI is InChI=1S/C13H18N2O/c1-10-3-2-4-11(7-10)8-13(16)15-12-5-6-14-9-12/h2-4,7,12,14H,5-6,8-9H2,1H3,(H,15,16). The second-order valence-electron chi connectivity index (χ2n) is 4.42. The van der Waals surface area contributed by atoms with Gasteiger partial charge in [-0.2, -0.15) is 0 Å². The Morgan fingerprint density at radius 3 is 3.12 bits per heavy atom. The van der Waals surface area contributed by atoms with E-state index in [0.717, 1.165) is 25.1 Å². The summed E-state index contributed by atoms with van der Waals surface area (Å²) in [5.74, 6) is 0.124. The first-order chi connectivity index (χ1) is 7.74. The van der Waals surface area contributed by atoms with Crippen LogP contribution in [0.5, 0.6) is 0 Å². The molecule has 0 spiro atoms. The van der Waals surface area contributed by atoms with Crippen molar-refractivity contribution < 1.29 is 4.79 Å². The van der Waals surface area contributed by atoms with E-state index in [4.69, 9.17) is 0 Å². The van der Waals surface area contributed by atoms with E-state index in [1.165, 1.54) is 5.56 Å². The van der Waals surface area contributed by atoms with E-state index in [9.17, 15) is 4.79 Å². The van der Waals surface area contributed by atoms with Crippen molar-refractivity contribution in [3.63, 3.8) is 0 Å². The second kappa shape index (κ2) is 5.12. The molecule has 1 fully saturated rings. The van der Waals surface area contributed by atoms with Crippen molar-refractivity contribution in [3.8, 4) is 0 Å². The van der Waals surface area contributed by atoms with Gasteiger partial charge in [-0.3, -0.25) is 4.79 Å². The summed E-state index contributed by atoms with van der Waals surface area (Å²) < 4.78 is 0. The maximum atomic E-state index is 11.7. The lowest BCUT2D eigenvalue weighted by Crippen LogP contribution is -2.37. The van der Waals surface area contributed by atoms with Crippen molar-refractivity contribution in [1.29, 1.82) is 0 Å². The molecule has 2 rings (SSSR count). The molecule has 86 valence electrons. The summed E-state index contributed by atoms with van der Waals surface area (Å²) in [6.45, 7) is 3.96. The second-order valence-corrected chi connectivity index (χ2v) is 4.42. The van der Waals surface area contributed by atoms with E-state index in [-0.39, 0.29) is 5.91 Å². The van der Waals surface area contributed by atoms with Crippen molar-refractivity contribution in [1.82, 2.24) is 10.6 Å². The average Bonchev–Trinajstić information content (AvgIpc) is 2.70. The Kier molecular flexibility index (Phi) is 3.57. The van der Waals surface area contributed by atoms with Crippen LogP contribution in [0.1, 0.15) is 17.5 Å². The SMILES string of the molecule is Cc1cccc(CC(=O)NC2CCNC2)c1. The molecule has 0 aromatic heterocycles. The van der Waals surface area contributed by atoms with Gasteiger partial charge in [0, 0.05) is 12.6 Å². The molecule has 0 saturated carbocycles. The van der Waals surface area contributed by atoms with E-state index >= 15 is 0 Å². The number of amides is 1. The number of carbonyl (C=O) groups excluding carboxylic acids is 1. The van der Waals surface area contributed by atoms with Crippen LogP contribution in [-0.4, -0.2) is 25.0 Å². The van der Waals surface area contributed by atoms with E-state index < -0.39 is 0 Å². The predicted octanol–water partition coefficient (Wildman–Crippen LogP) is 1.02. The summed E-state index contributed by atoms with van der Waals surface area (Å²) in [6, 6.07) is 8.42. The highest BCUT2D eigenvalue weighted by molar-refractivity contribution is 5.78. The predicted molar refractivity (Wildman–Crippen MR) is 64.3 cm³/mol. The molecule has 1 aromatic carbocycles. The molecule has 1 heterocycles. The topological polar surface area (TPSA) is 41.1 Å². The molecule has 3 nitrogen and oxygen atoms in total. The Bertz CT molecular complexity index is 370. The smallest absolute Gasteiger partial charge is 0.224 e. The summed E-state index contributed by atoms with van der Waals surface area (Å²) in [6.07, 6.45) is 1.53. The van der Waals surface area contributed by atoms with Gasteiger partial charge in [0.25, 0.3) is 0 Å². The first kappa shape index (κ1) is 11.1. The highest BCUT2D eigenvalue weighted by Gasteiger charge is 2.16. The lowest BCUT2D eigenvalue weighted by Gasteiger charge is -2.11. The van der Waals surface area contributed by atoms with Crippen LogP contribution in [0.3, 0.4) is 0 Å². The molecular formula is C13H18N2O. The van der Waals surface area contributed by atoms with Crippen LogP contribution in [-0.2, 0) is 11.2 Å². The average molecular weight is 218 g/mol. The third kappa shape index (κ3) is 3.07. The molecule has 0 radical (unpaired) electrons. The third-order valence-electron chi connectivity index (χ3n) is 2.87. The monoisotopic (exact) mass is 218 g/mol. The Balaban J connectivity index is 1.86. The van der Waals surface area contributed by atoms with E-state index in [1.807, 2.05) is 25.1 Å². The minimum atomic E-state index is 0.124. The van der Waals surface area contributed by atoms with Gasteiger partial charge in [-0.25, -0.2) is 0 Å². The van der Waals surface area contributed by atoms with E-state index in [2.05, 4.69) is 16.7 Å². The molecule has 1 atom stereocenters. The summed E-state index contributed by atoms with van der Waals surface area (Å²) in [5, 5.41) is 6.28. The summed E-state index contributed by atoms with van der Waals surface area (Å²) in [5.41, 5.74) is 2.29. The molecule has 2 N–H and O–H groups in total. The number of aryl methyl sites for hydroxylation is 1. The molecule has 1 saturated heterocycles. The molecular weight excluding hydrogens is 200 g/mol. The van der Waals surface area contributed by atoms with Gasteiger partial charge < -0.3 is 10.6 Å². The highest BCUT2D eigenvalue weighted by atomic mass is 16.1. The number of carbonyl (C=O) groups is 1. The van der Waals surface area contributed by atoms with Gasteiger partial charge in [-0.1, -0.05) is 29.8 Å². The Hall–Kier alpha value is -1.35. The largest absolute Gasteiger partial charge is 0.352 e. The third-order valence-corrected chi connectivity index (χ3v) is 2.87. The van der Waals surface area contributed by atoms with Crippen LogP contribution in [0.25, 0.3) is 0 Å². The number of hydrogen-bond donors (Lipinski definition) is 2. The molecule has 1 aliphatic heterocycles. The lowest BCUT2D eigenvalue weighted by atomic mass is 10.1. The molecule has 1 unspecified atom stereocenters. The van der Waals surface area contributed by atoms with Crippen molar-refractivity contribution in [2.45, 2.75) is 25.8 Å². The number of rotatable bonds is 3. The van der Waals surface area contributed by atoms with Crippen molar-refractivity contribution in [2.75, 3.05) is 13.1 Å². The zero-order chi connectivity index (χ0) is 11.4. The van der Waals surface area contributed by atoms with Gasteiger partial charge in [-0.15, -0.1) is 0 Å². The van der Waals surface area contributed by atoms with Crippen LogP contribution in [0.4, 0.5) is 0 Å². The van der Waals surface area contributed by atoms with Crippen molar-refractivity contribution >= 4 is 5.91 Å². The van der Waals surface area contributed by atoms with Crippen LogP contribution >= 0.6 is 0 Å². The highest BCUT2D eigenvalue weighted by Crippen LogP contribution is 2.05. The summed E-state index contributed by atoms with van der Waals surface area (Å²) in [4.78, 5) is 11.7. The summed E-state index contributed by atoms with van der Waals surface area (Å²) >= 11 is 0. The zero-order valence-corrected chi connectivity index (χ0v) is 9.62. The van der Waals surface area contributed by atoms with Crippen molar-refractivity contribution in [2.24, 2.45) is 0 Å². The summed E-state index contributed by atoms with van der Waals surface area (Å²) in [7, 11) is 0. The fraction of sp³-hybridized carbons (Fsp3) is 0.462. The van der Waals surface area contributed by atoms with Gasteiger partial charge in [0.2, 0.25) is 5.91 Å². The quantitative estimate of drug-likeness (QED) is 0.795. The zero-order valence-electron chi connectivity index (χ0n) is 9.62.